The molecule has 0 saturated heterocycles. The highest BCUT2D eigenvalue weighted by Gasteiger charge is 2.30. The average Bonchev–Trinajstić information content (AvgIpc) is 3.47. The third kappa shape index (κ3) is 4.74. The summed E-state index contributed by atoms with van der Waals surface area (Å²) in [7, 11) is -3.62. The second kappa shape index (κ2) is 8.87. The van der Waals surface area contributed by atoms with E-state index in [4.69, 9.17) is 0 Å². The fourth-order valence-corrected chi connectivity index (χ4v) is 5.58. The number of anilines is 2. The molecule has 0 bridgehead atoms. The first-order valence-electron chi connectivity index (χ1n) is 10.0. The number of carbonyl (C=O) groups excluding carboxylic acids is 2. The predicted molar refractivity (Wildman–Crippen MR) is 120 cm³/mol. The Morgan fingerprint density at radius 1 is 1.07 bits per heavy atom. The Morgan fingerprint density at radius 3 is 2.33 bits per heavy atom. The van der Waals surface area contributed by atoms with Gasteiger partial charge in [-0.25, -0.2) is 8.42 Å². The molecule has 0 spiro atoms. The summed E-state index contributed by atoms with van der Waals surface area (Å²) in [6.07, 6.45) is 1.82. The minimum Gasteiger partial charge on any atom is -0.321 e. The molecule has 1 aliphatic carbocycles. The fraction of sp³-hybridized carbons (Fsp3) is 0.429. The highest BCUT2D eigenvalue weighted by molar-refractivity contribution is 7.89. The van der Waals surface area contributed by atoms with E-state index < -0.39 is 10.0 Å². The van der Waals surface area contributed by atoms with E-state index in [1.54, 1.807) is 32.0 Å². The molecule has 3 rings (SSSR count). The van der Waals surface area contributed by atoms with Gasteiger partial charge in [0.2, 0.25) is 15.9 Å². The Balaban J connectivity index is 1.81. The second-order valence-electron chi connectivity index (χ2n) is 7.41. The van der Waals surface area contributed by atoms with E-state index >= 15 is 0 Å². The summed E-state index contributed by atoms with van der Waals surface area (Å²) in [5.41, 5.74) is 1.97. The van der Waals surface area contributed by atoms with E-state index in [1.807, 2.05) is 13.8 Å². The number of sulfonamides is 1. The van der Waals surface area contributed by atoms with Crippen LogP contribution in [0.5, 0.6) is 0 Å². The van der Waals surface area contributed by atoms with Gasteiger partial charge in [0.1, 0.15) is 0 Å². The minimum atomic E-state index is -3.62. The molecule has 1 aromatic heterocycles. The molecule has 2 N–H and O–H groups in total. The molecule has 1 aliphatic rings. The predicted octanol–water partition coefficient (Wildman–Crippen LogP) is 4.00. The number of nitrogens with one attached hydrogen (secondary N) is 2. The molecule has 30 heavy (non-hydrogen) atoms. The number of carbonyl (C=O) groups is 2. The SMILES string of the molecule is CCN(CC)S(=O)(=O)c1ccc(C)c(NC(=O)c2sc(NC(=O)C3CC3)cc2C)c1. The number of benzene rings is 1. The van der Waals surface area contributed by atoms with Gasteiger partial charge in [0, 0.05) is 24.7 Å². The number of amides is 2. The zero-order chi connectivity index (χ0) is 22.1. The zero-order valence-electron chi connectivity index (χ0n) is 17.6. The number of rotatable bonds is 8. The number of thiophene rings is 1. The van der Waals surface area contributed by atoms with E-state index in [0.717, 1.165) is 24.0 Å². The average molecular weight is 450 g/mol. The first kappa shape index (κ1) is 22.5. The van der Waals surface area contributed by atoms with Gasteiger partial charge in [-0.2, -0.15) is 4.31 Å². The Bertz CT molecular complexity index is 1070. The van der Waals surface area contributed by atoms with Crippen LogP contribution in [0, 0.1) is 19.8 Å². The quantitative estimate of drug-likeness (QED) is 0.637. The van der Waals surface area contributed by atoms with Crippen molar-refractivity contribution in [1.82, 2.24) is 4.31 Å². The van der Waals surface area contributed by atoms with Gasteiger partial charge in [0.15, 0.2) is 0 Å². The summed E-state index contributed by atoms with van der Waals surface area (Å²) in [6.45, 7) is 7.95. The number of hydrogen-bond donors (Lipinski definition) is 2. The molecule has 0 unspecified atom stereocenters. The van der Waals surface area contributed by atoms with Crippen LogP contribution in [-0.4, -0.2) is 37.6 Å². The molecule has 162 valence electrons. The van der Waals surface area contributed by atoms with Gasteiger partial charge in [-0.05, 0) is 56.0 Å². The van der Waals surface area contributed by atoms with Gasteiger partial charge < -0.3 is 10.6 Å². The molecule has 1 fully saturated rings. The van der Waals surface area contributed by atoms with E-state index in [1.165, 1.54) is 21.7 Å². The first-order valence-corrected chi connectivity index (χ1v) is 12.3. The molecule has 9 heteroatoms. The van der Waals surface area contributed by atoms with Gasteiger partial charge in [-0.15, -0.1) is 11.3 Å². The topological polar surface area (TPSA) is 95.6 Å². The van der Waals surface area contributed by atoms with Crippen LogP contribution in [0.15, 0.2) is 29.2 Å². The minimum absolute atomic E-state index is 0.00615. The number of hydrogen-bond acceptors (Lipinski definition) is 5. The van der Waals surface area contributed by atoms with Crippen LogP contribution in [0.25, 0.3) is 0 Å². The maximum atomic E-state index is 12.9. The number of nitrogens with zero attached hydrogens (tertiary/aromatic N) is 1. The van der Waals surface area contributed by atoms with Crippen molar-refractivity contribution in [2.45, 2.75) is 45.4 Å². The lowest BCUT2D eigenvalue weighted by Crippen LogP contribution is -2.30. The molecule has 1 heterocycles. The van der Waals surface area contributed by atoms with E-state index in [0.29, 0.717) is 28.7 Å². The Labute approximate surface area is 181 Å². The lowest BCUT2D eigenvalue weighted by Gasteiger charge is -2.19. The van der Waals surface area contributed by atoms with Crippen molar-refractivity contribution in [3.8, 4) is 0 Å². The lowest BCUT2D eigenvalue weighted by molar-refractivity contribution is -0.117. The molecular weight excluding hydrogens is 422 g/mol. The first-order chi connectivity index (χ1) is 14.2. The molecule has 0 aliphatic heterocycles. The van der Waals surface area contributed by atoms with E-state index in [-0.39, 0.29) is 22.6 Å². The van der Waals surface area contributed by atoms with Crippen molar-refractivity contribution in [3.63, 3.8) is 0 Å². The third-order valence-electron chi connectivity index (χ3n) is 5.12. The maximum Gasteiger partial charge on any atom is 0.266 e. The summed E-state index contributed by atoms with van der Waals surface area (Å²) in [6, 6.07) is 6.53. The third-order valence-corrected chi connectivity index (χ3v) is 8.32. The van der Waals surface area contributed by atoms with Gasteiger partial charge in [-0.3, -0.25) is 9.59 Å². The molecule has 0 atom stereocenters. The van der Waals surface area contributed by atoms with Gasteiger partial charge in [0.05, 0.1) is 14.8 Å². The van der Waals surface area contributed by atoms with E-state index in [2.05, 4.69) is 10.6 Å². The summed E-state index contributed by atoms with van der Waals surface area (Å²) < 4.78 is 27.0. The van der Waals surface area contributed by atoms with Crippen molar-refractivity contribution in [1.29, 1.82) is 0 Å². The van der Waals surface area contributed by atoms with Gasteiger partial charge >= 0.3 is 0 Å². The smallest absolute Gasteiger partial charge is 0.266 e. The Kier molecular flexibility index (Phi) is 6.64. The highest BCUT2D eigenvalue weighted by atomic mass is 32.2. The molecule has 1 aromatic carbocycles. The fourth-order valence-electron chi connectivity index (χ4n) is 3.13. The molecular formula is C21H27N3O4S2. The summed E-state index contributed by atoms with van der Waals surface area (Å²) in [5, 5.41) is 6.34. The van der Waals surface area contributed by atoms with Crippen LogP contribution in [0.4, 0.5) is 10.7 Å². The normalized spacial score (nSPS) is 14.0. The summed E-state index contributed by atoms with van der Waals surface area (Å²) >= 11 is 1.22. The zero-order valence-corrected chi connectivity index (χ0v) is 19.2. The van der Waals surface area contributed by atoms with Crippen molar-refractivity contribution in [2.75, 3.05) is 23.7 Å². The van der Waals surface area contributed by atoms with Crippen LogP contribution in [0.3, 0.4) is 0 Å². The van der Waals surface area contributed by atoms with E-state index in [9.17, 15) is 18.0 Å². The van der Waals surface area contributed by atoms with Gasteiger partial charge in [-0.1, -0.05) is 19.9 Å². The van der Waals surface area contributed by atoms with Gasteiger partial charge in [0.25, 0.3) is 5.91 Å². The number of aryl methyl sites for hydroxylation is 2. The van der Waals surface area contributed by atoms with Crippen molar-refractivity contribution in [2.24, 2.45) is 5.92 Å². The monoisotopic (exact) mass is 449 g/mol. The summed E-state index contributed by atoms with van der Waals surface area (Å²) in [4.78, 5) is 25.5. The van der Waals surface area contributed by atoms with Crippen molar-refractivity contribution in [3.05, 3.63) is 40.3 Å². The lowest BCUT2D eigenvalue weighted by atomic mass is 10.2. The van der Waals surface area contributed by atoms with Crippen LogP contribution in [0.2, 0.25) is 0 Å². The molecule has 7 nitrogen and oxygen atoms in total. The van der Waals surface area contributed by atoms with Crippen LogP contribution >= 0.6 is 11.3 Å². The highest BCUT2D eigenvalue weighted by Crippen LogP contribution is 2.33. The Hall–Kier alpha value is -2.23. The summed E-state index contributed by atoms with van der Waals surface area (Å²) in [5.74, 6) is -0.249. The van der Waals surface area contributed by atoms with Crippen LogP contribution in [0.1, 0.15) is 47.5 Å². The van der Waals surface area contributed by atoms with Crippen LogP contribution < -0.4 is 10.6 Å². The largest absolute Gasteiger partial charge is 0.321 e. The van der Waals surface area contributed by atoms with Crippen LogP contribution in [-0.2, 0) is 14.8 Å². The molecule has 2 amide bonds. The molecule has 0 radical (unpaired) electrons. The maximum absolute atomic E-state index is 12.9. The molecule has 2 aromatic rings. The molecule has 1 saturated carbocycles. The van der Waals surface area contributed by atoms with Crippen molar-refractivity contribution >= 4 is 43.9 Å². The van der Waals surface area contributed by atoms with Crippen molar-refractivity contribution < 1.29 is 18.0 Å². The Morgan fingerprint density at radius 2 is 1.73 bits per heavy atom. The standard InChI is InChI=1S/C21H27N3O4S2/c1-5-24(6-2)30(27,28)16-10-7-13(3)17(12-16)22-21(26)19-14(4)11-18(29-19)23-20(25)15-8-9-15/h7,10-12,15H,5-6,8-9H2,1-4H3,(H,22,26)(H,23,25). The second-order valence-corrected chi connectivity index (χ2v) is 10.4.